The summed E-state index contributed by atoms with van der Waals surface area (Å²) >= 11 is 0. The molecule has 2 heterocycles. The predicted molar refractivity (Wildman–Crippen MR) is 82.8 cm³/mol. The molecule has 1 aromatic rings. The van der Waals surface area contributed by atoms with Crippen LogP contribution in [0.2, 0.25) is 0 Å². The molecule has 0 aromatic carbocycles. The average molecular weight is 295 g/mol. The summed E-state index contributed by atoms with van der Waals surface area (Å²) < 4.78 is 1.69. The quantitative estimate of drug-likeness (QED) is 0.640. The highest BCUT2D eigenvalue weighted by Crippen LogP contribution is 2.35. The van der Waals surface area contributed by atoms with Gasteiger partial charge in [0.1, 0.15) is 5.69 Å². The molecular weight excluding hydrogens is 270 g/mol. The van der Waals surface area contributed by atoms with Gasteiger partial charge in [-0.2, -0.15) is 5.10 Å². The Bertz CT molecular complexity index is 498. The van der Waals surface area contributed by atoms with E-state index in [1.807, 2.05) is 21.0 Å². The number of aromatic nitrogens is 2. The third-order valence-corrected chi connectivity index (χ3v) is 4.07. The summed E-state index contributed by atoms with van der Waals surface area (Å²) in [6.45, 7) is 3.71. The summed E-state index contributed by atoms with van der Waals surface area (Å²) in [6, 6.07) is 0.298. The maximum atomic E-state index is 11.5. The topological polar surface area (TPSA) is 76.2 Å². The molecule has 1 aliphatic heterocycles. The number of hydrogen-bond acceptors (Lipinski definition) is 5. The fourth-order valence-electron chi connectivity index (χ4n) is 3.20. The van der Waals surface area contributed by atoms with Gasteiger partial charge in [0.25, 0.3) is 0 Å². The molecule has 1 fully saturated rings. The zero-order valence-electron chi connectivity index (χ0n) is 13.1. The van der Waals surface area contributed by atoms with Crippen LogP contribution in [0.25, 0.3) is 0 Å². The van der Waals surface area contributed by atoms with Crippen LogP contribution in [0.5, 0.6) is 0 Å². The number of nitro groups is 1. The Labute approximate surface area is 125 Å². The summed E-state index contributed by atoms with van der Waals surface area (Å²) in [5, 5.41) is 19.1. The molecule has 1 unspecified atom stereocenters. The number of hydrogen-bond donors (Lipinski definition) is 1. The van der Waals surface area contributed by atoms with Crippen molar-refractivity contribution in [1.82, 2.24) is 15.1 Å². The average Bonchev–Trinajstić information content (AvgIpc) is 2.77. The number of piperidine rings is 1. The molecule has 1 aliphatic rings. The zero-order valence-corrected chi connectivity index (χ0v) is 13.1. The molecule has 1 aromatic heterocycles. The van der Waals surface area contributed by atoms with Crippen LogP contribution >= 0.6 is 0 Å². The monoisotopic (exact) mass is 295 g/mol. The van der Waals surface area contributed by atoms with Crippen molar-refractivity contribution in [2.75, 3.05) is 25.0 Å². The Morgan fingerprint density at radius 2 is 2.24 bits per heavy atom. The lowest BCUT2D eigenvalue weighted by Crippen LogP contribution is -2.46. The van der Waals surface area contributed by atoms with E-state index in [0.29, 0.717) is 24.0 Å². The minimum atomic E-state index is -0.266. The molecule has 0 saturated carbocycles. The number of aryl methyl sites for hydroxylation is 2. The van der Waals surface area contributed by atoms with Gasteiger partial charge in [-0.25, -0.2) is 4.68 Å². The number of nitrogens with zero attached hydrogens (tertiary/aromatic N) is 4. The van der Waals surface area contributed by atoms with Crippen molar-refractivity contribution < 1.29 is 4.92 Å². The van der Waals surface area contributed by atoms with Crippen molar-refractivity contribution in [3.05, 3.63) is 15.8 Å². The lowest BCUT2D eigenvalue weighted by Gasteiger charge is -2.36. The summed E-state index contributed by atoms with van der Waals surface area (Å²) in [6.07, 6.45) is 4.82. The minimum absolute atomic E-state index is 0.197. The molecule has 7 nitrogen and oxygen atoms in total. The van der Waals surface area contributed by atoms with Crippen LogP contribution in [-0.2, 0) is 13.5 Å². The summed E-state index contributed by atoms with van der Waals surface area (Å²) in [7, 11) is 3.74. The van der Waals surface area contributed by atoms with Crippen LogP contribution in [0.3, 0.4) is 0 Å². The molecular formula is C14H25N5O2. The lowest BCUT2D eigenvalue weighted by atomic mass is 10.0. The Hall–Kier alpha value is -1.63. The van der Waals surface area contributed by atoms with Crippen molar-refractivity contribution in [2.24, 2.45) is 7.05 Å². The van der Waals surface area contributed by atoms with Gasteiger partial charge >= 0.3 is 5.69 Å². The normalized spacial score (nSPS) is 19.0. The van der Waals surface area contributed by atoms with Crippen molar-refractivity contribution in [2.45, 2.75) is 45.1 Å². The fraction of sp³-hybridized carbons (Fsp3) is 0.786. The van der Waals surface area contributed by atoms with Gasteiger partial charge in [0.2, 0.25) is 5.82 Å². The molecule has 118 valence electrons. The van der Waals surface area contributed by atoms with Crippen molar-refractivity contribution in [3.8, 4) is 0 Å². The van der Waals surface area contributed by atoms with E-state index in [4.69, 9.17) is 0 Å². The second-order valence-corrected chi connectivity index (χ2v) is 5.65. The maximum absolute atomic E-state index is 11.5. The third-order valence-electron chi connectivity index (χ3n) is 4.07. The highest BCUT2D eigenvalue weighted by molar-refractivity contribution is 5.62. The SMILES string of the molecule is CCCc1nn(C)c(N2CCCCC2CNC)c1[N+](=O)[O-]. The molecule has 2 rings (SSSR count). The molecule has 0 spiro atoms. The van der Waals surface area contributed by atoms with E-state index in [0.717, 1.165) is 32.4 Å². The van der Waals surface area contributed by atoms with Crippen LogP contribution < -0.4 is 10.2 Å². The van der Waals surface area contributed by atoms with Crippen LogP contribution in [0.1, 0.15) is 38.3 Å². The number of rotatable bonds is 6. The van der Waals surface area contributed by atoms with Crippen molar-refractivity contribution in [1.29, 1.82) is 0 Å². The standard InChI is InChI=1S/C14H25N5O2/c1-4-7-12-13(19(20)21)14(17(3)16-12)18-9-6-5-8-11(18)10-15-2/h11,15H,4-10H2,1-3H3. The predicted octanol–water partition coefficient (Wildman–Crippen LogP) is 1.86. The maximum Gasteiger partial charge on any atom is 0.334 e. The Morgan fingerprint density at radius 3 is 2.86 bits per heavy atom. The molecule has 0 amide bonds. The van der Waals surface area contributed by atoms with Gasteiger partial charge in [-0.05, 0) is 32.7 Å². The summed E-state index contributed by atoms with van der Waals surface area (Å²) in [5.41, 5.74) is 0.802. The lowest BCUT2D eigenvalue weighted by molar-refractivity contribution is -0.384. The third kappa shape index (κ3) is 3.18. The van der Waals surface area contributed by atoms with Gasteiger partial charge < -0.3 is 10.2 Å². The summed E-state index contributed by atoms with van der Waals surface area (Å²) in [4.78, 5) is 13.5. The molecule has 1 atom stereocenters. The van der Waals surface area contributed by atoms with Crippen LogP contribution in [0, 0.1) is 10.1 Å². The molecule has 1 saturated heterocycles. The van der Waals surface area contributed by atoms with Gasteiger partial charge in [0.15, 0.2) is 0 Å². The number of nitrogens with one attached hydrogen (secondary N) is 1. The minimum Gasteiger partial charge on any atom is -0.347 e. The zero-order chi connectivity index (χ0) is 15.4. The largest absolute Gasteiger partial charge is 0.347 e. The van der Waals surface area contributed by atoms with Gasteiger partial charge in [0.05, 0.1) is 4.92 Å². The molecule has 0 aliphatic carbocycles. The first-order valence-electron chi connectivity index (χ1n) is 7.71. The highest BCUT2D eigenvalue weighted by Gasteiger charge is 2.34. The Kier molecular flexibility index (Phi) is 5.17. The van der Waals surface area contributed by atoms with E-state index in [9.17, 15) is 10.1 Å². The second kappa shape index (κ2) is 6.89. The van der Waals surface area contributed by atoms with E-state index in [1.165, 1.54) is 6.42 Å². The first-order valence-corrected chi connectivity index (χ1v) is 7.71. The van der Waals surface area contributed by atoms with Gasteiger partial charge in [-0.15, -0.1) is 0 Å². The van der Waals surface area contributed by atoms with Gasteiger partial charge in [-0.3, -0.25) is 10.1 Å². The van der Waals surface area contributed by atoms with Gasteiger partial charge in [-0.1, -0.05) is 13.3 Å². The van der Waals surface area contributed by atoms with E-state index in [1.54, 1.807) is 4.68 Å². The Balaban J connectivity index is 2.42. The van der Waals surface area contributed by atoms with Crippen LogP contribution in [0.4, 0.5) is 11.5 Å². The van der Waals surface area contributed by atoms with Crippen LogP contribution in [-0.4, -0.2) is 40.9 Å². The van der Waals surface area contributed by atoms with Gasteiger partial charge in [0, 0.05) is 26.2 Å². The van der Waals surface area contributed by atoms with E-state index >= 15 is 0 Å². The number of anilines is 1. The first-order chi connectivity index (χ1) is 10.1. The molecule has 7 heteroatoms. The molecule has 21 heavy (non-hydrogen) atoms. The van der Waals surface area contributed by atoms with E-state index in [2.05, 4.69) is 15.3 Å². The van der Waals surface area contributed by atoms with E-state index in [-0.39, 0.29) is 10.6 Å². The number of likely N-dealkylation sites (N-methyl/N-ethyl adjacent to an activating group) is 1. The fourth-order valence-corrected chi connectivity index (χ4v) is 3.20. The smallest absolute Gasteiger partial charge is 0.334 e. The first kappa shape index (κ1) is 15.8. The molecule has 0 radical (unpaired) electrons. The highest BCUT2D eigenvalue weighted by atomic mass is 16.6. The molecule has 1 N–H and O–H groups in total. The Morgan fingerprint density at radius 1 is 1.48 bits per heavy atom. The molecule has 0 bridgehead atoms. The van der Waals surface area contributed by atoms with Crippen LogP contribution in [0.15, 0.2) is 0 Å². The van der Waals surface area contributed by atoms with E-state index < -0.39 is 0 Å². The second-order valence-electron chi connectivity index (χ2n) is 5.65. The van der Waals surface area contributed by atoms with Crippen molar-refractivity contribution in [3.63, 3.8) is 0 Å². The summed E-state index contributed by atoms with van der Waals surface area (Å²) in [5.74, 6) is 0.670. The van der Waals surface area contributed by atoms with Crippen molar-refractivity contribution >= 4 is 11.5 Å².